The molecule has 3 aromatic rings. The van der Waals surface area contributed by atoms with Crippen molar-refractivity contribution in [2.45, 2.75) is 31.9 Å². The van der Waals surface area contributed by atoms with Crippen molar-refractivity contribution >= 4 is 59.0 Å². The van der Waals surface area contributed by atoms with Gasteiger partial charge < -0.3 is 14.4 Å². The van der Waals surface area contributed by atoms with Gasteiger partial charge in [0, 0.05) is 37.4 Å². The molecule has 0 unspecified atom stereocenters. The van der Waals surface area contributed by atoms with Gasteiger partial charge in [0.1, 0.15) is 5.75 Å². The summed E-state index contributed by atoms with van der Waals surface area (Å²) in [6, 6.07) is 12.0. The lowest BCUT2D eigenvalue weighted by atomic mass is 9.91. The molecule has 13 heteroatoms. The van der Waals surface area contributed by atoms with E-state index in [0.717, 1.165) is 55.2 Å². The molecular weight excluding hydrogens is 623 g/mol. The predicted molar refractivity (Wildman–Crippen MR) is 163 cm³/mol. The molecule has 1 amide bonds. The van der Waals surface area contributed by atoms with E-state index in [1.807, 2.05) is 10.7 Å². The molecule has 226 valence electrons. The van der Waals surface area contributed by atoms with E-state index in [-0.39, 0.29) is 15.7 Å². The molecule has 0 aromatic heterocycles. The zero-order valence-corrected chi connectivity index (χ0v) is 25.4. The summed E-state index contributed by atoms with van der Waals surface area (Å²) in [6.45, 7) is 3.21. The van der Waals surface area contributed by atoms with Crippen molar-refractivity contribution in [1.29, 1.82) is 0 Å². The first kappa shape index (κ1) is 29.0. The van der Waals surface area contributed by atoms with Gasteiger partial charge in [-0.05, 0) is 67.6 Å². The normalized spacial score (nSPS) is 22.1. The minimum Gasteiger partial charge on any atom is -0.408 e. The van der Waals surface area contributed by atoms with Crippen LogP contribution in [-0.4, -0.2) is 50.2 Å². The third kappa shape index (κ3) is 4.82. The van der Waals surface area contributed by atoms with Crippen LogP contribution in [0.4, 0.5) is 35.0 Å². The molecule has 7 nitrogen and oxygen atoms in total. The Morgan fingerprint density at radius 3 is 2.40 bits per heavy atom. The third-order valence-electron chi connectivity index (χ3n) is 8.40. The fourth-order valence-corrected chi connectivity index (χ4v) is 10.7. The van der Waals surface area contributed by atoms with Crippen molar-refractivity contribution in [2.24, 2.45) is 4.74 Å². The Kier molecular flexibility index (Phi) is 7.42. The van der Waals surface area contributed by atoms with Gasteiger partial charge in [0.25, 0.3) is 0 Å². The number of nitrogens with zero attached hydrogens (tertiary/aromatic N) is 4. The van der Waals surface area contributed by atoms with Crippen molar-refractivity contribution in [2.75, 3.05) is 49.0 Å². The summed E-state index contributed by atoms with van der Waals surface area (Å²) in [4.78, 5) is 16.7. The van der Waals surface area contributed by atoms with E-state index in [9.17, 15) is 18.0 Å². The van der Waals surface area contributed by atoms with Gasteiger partial charge in [-0.2, -0.15) is 13.2 Å². The zero-order chi connectivity index (χ0) is 29.9. The molecular formula is C30H28Cl2F3N4O3P. The molecule has 1 saturated heterocycles. The maximum Gasteiger partial charge on any atom is 0.425 e. The number of anilines is 2. The van der Waals surface area contributed by atoms with Gasteiger partial charge in [-0.15, -0.1) is 0 Å². The van der Waals surface area contributed by atoms with Gasteiger partial charge in [-0.1, -0.05) is 35.3 Å². The summed E-state index contributed by atoms with van der Waals surface area (Å²) in [5.41, 5.74) is 2.34. The van der Waals surface area contributed by atoms with Gasteiger partial charge >= 0.3 is 12.3 Å². The number of morpholine rings is 1. The van der Waals surface area contributed by atoms with Crippen LogP contribution in [0.25, 0.3) is 0 Å². The second-order valence-electron chi connectivity index (χ2n) is 10.9. The van der Waals surface area contributed by atoms with Crippen LogP contribution in [-0.2, 0) is 23.8 Å². The lowest BCUT2D eigenvalue weighted by Crippen LogP contribution is -2.50. The number of halogens is 5. The summed E-state index contributed by atoms with van der Waals surface area (Å²) >= 11 is 12.7. The number of ether oxygens (including phenoxy) is 2. The van der Waals surface area contributed by atoms with Gasteiger partial charge in [-0.25, -0.2) is 18.9 Å². The molecule has 0 aliphatic carbocycles. The Hall–Kier alpha value is -2.75. The molecule has 0 spiro atoms. The fraction of sp³-hybridized carbons (Fsp3) is 0.367. The number of fused-ring (bicyclic) bond motifs is 2. The van der Waals surface area contributed by atoms with E-state index in [1.54, 1.807) is 18.2 Å². The Morgan fingerprint density at radius 1 is 0.907 bits per heavy atom. The van der Waals surface area contributed by atoms with Gasteiger partial charge in [0.05, 0.1) is 45.5 Å². The zero-order valence-electron chi connectivity index (χ0n) is 23.0. The van der Waals surface area contributed by atoms with Crippen molar-refractivity contribution in [3.63, 3.8) is 0 Å². The van der Waals surface area contributed by atoms with Gasteiger partial charge in [0.2, 0.25) is 0 Å². The van der Waals surface area contributed by atoms with E-state index in [2.05, 4.69) is 4.90 Å². The first-order valence-corrected chi connectivity index (χ1v) is 16.6. The maximum atomic E-state index is 14.4. The predicted octanol–water partition coefficient (Wildman–Crippen LogP) is 8.05. The fourth-order valence-electron chi connectivity index (χ4n) is 6.61. The second kappa shape index (κ2) is 11.0. The van der Waals surface area contributed by atoms with Crippen molar-refractivity contribution < 1.29 is 27.4 Å². The average Bonchev–Trinajstić information content (AvgIpc) is 3.00. The highest BCUT2D eigenvalue weighted by Gasteiger charge is 2.50. The lowest BCUT2D eigenvalue weighted by molar-refractivity contribution is -0.137. The Morgan fingerprint density at radius 2 is 1.65 bits per heavy atom. The molecule has 0 bridgehead atoms. The smallest absolute Gasteiger partial charge is 0.408 e. The first-order chi connectivity index (χ1) is 20.7. The highest BCUT2D eigenvalue weighted by molar-refractivity contribution is 7.74. The van der Waals surface area contributed by atoms with Crippen molar-refractivity contribution in [3.05, 3.63) is 75.3 Å². The molecule has 4 heterocycles. The standard InChI is InChI=1S/C30H28Cl2F3N4O3P/c31-23-10-9-20(18-24(23)32)39-29(40)42-28-21-6-4-12-37-11-3-5-19(27(21)37)17-26(28)43(39,38-13-15-41-16-14-38)36-25-8-2-1-7-22(25)30(33,34)35/h1-2,7-10,17-18H,3-6,11-16H2/t43-/m1/s1. The quantitative estimate of drug-likeness (QED) is 0.269. The van der Waals surface area contributed by atoms with Crippen molar-refractivity contribution in [1.82, 2.24) is 4.67 Å². The summed E-state index contributed by atoms with van der Waals surface area (Å²) in [7, 11) is -3.56. The monoisotopic (exact) mass is 650 g/mol. The van der Waals surface area contributed by atoms with Crippen LogP contribution >= 0.6 is 30.6 Å². The van der Waals surface area contributed by atoms with Crippen LogP contribution in [0.15, 0.2) is 53.3 Å². The Bertz CT molecular complexity index is 1680. The van der Waals surface area contributed by atoms with E-state index in [4.69, 9.17) is 37.4 Å². The average molecular weight is 651 g/mol. The number of alkyl halides is 3. The number of aryl methyl sites for hydroxylation is 1. The number of carbonyl (C=O) groups excluding carboxylic acids is 1. The maximum absolute atomic E-state index is 14.4. The number of carbonyl (C=O) groups is 1. The van der Waals surface area contributed by atoms with Crippen LogP contribution in [0.2, 0.25) is 10.0 Å². The number of amides is 1. The molecule has 43 heavy (non-hydrogen) atoms. The highest BCUT2D eigenvalue weighted by atomic mass is 35.5. The molecule has 0 radical (unpaired) electrons. The number of hydrogen-bond acceptors (Lipinski definition) is 5. The number of benzene rings is 3. The Balaban J connectivity index is 1.62. The van der Waals surface area contributed by atoms with Crippen LogP contribution in [0, 0.1) is 0 Å². The van der Waals surface area contributed by atoms with Crippen LogP contribution in [0.3, 0.4) is 0 Å². The van der Waals surface area contributed by atoms with E-state index < -0.39 is 25.2 Å². The SMILES string of the molecule is O=C1Oc2c(cc3c4c2CCCN4CCC3)[P@@](=Nc2ccccc2C(F)(F)F)(N2CCOCC2)N1c1ccc(Cl)c(Cl)c1. The molecule has 4 aliphatic rings. The second-order valence-corrected chi connectivity index (χ2v) is 14.5. The molecule has 1 fully saturated rings. The molecule has 3 aromatic carbocycles. The van der Waals surface area contributed by atoms with Gasteiger partial charge in [0.15, 0.2) is 7.36 Å². The van der Waals surface area contributed by atoms with E-state index in [0.29, 0.717) is 49.5 Å². The number of hydrogen-bond donors (Lipinski definition) is 0. The van der Waals surface area contributed by atoms with Crippen LogP contribution in [0.1, 0.15) is 29.5 Å². The largest absolute Gasteiger partial charge is 0.425 e. The third-order valence-corrected chi connectivity index (χ3v) is 12.8. The number of rotatable bonds is 3. The van der Waals surface area contributed by atoms with Gasteiger partial charge in [-0.3, -0.25) is 0 Å². The van der Waals surface area contributed by atoms with E-state index in [1.165, 1.54) is 22.9 Å². The summed E-state index contributed by atoms with van der Waals surface area (Å²) in [5.74, 6) is 0.416. The highest BCUT2D eigenvalue weighted by Crippen LogP contribution is 2.65. The summed E-state index contributed by atoms with van der Waals surface area (Å²) in [6.07, 6.45) is -2.03. The minimum atomic E-state index is -4.66. The lowest BCUT2D eigenvalue weighted by Gasteiger charge is -2.49. The molecule has 0 saturated carbocycles. The Labute approximate surface area is 257 Å². The topological polar surface area (TPSA) is 57.6 Å². The summed E-state index contributed by atoms with van der Waals surface area (Å²) in [5, 5.41) is 1.11. The summed E-state index contributed by atoms with van der Waals surface area (Å²) < 4.78 is 63.7. The molecule has 1 atom stereocenters. The van der Waals surface area contributed by atoms with Crippen molar-refractivity contribution in [3.8, 4) is 5.75 Å². The minimum absolute atomic E-state index is 0.199. The molecule has 7 rings (SSSR count). The molecule has 0 N–H and O–H groups in total. The molecule has 4 aliphatic heterocycles. The van der Waals surface area contributed by atoms with Crippen LogP contribution in [0.5, 0.6) is 5.75 Å². The van der Waals surface area contributed by atoms with E-state index >= 15 is 0 Å². The van der Waals surface area contributed by atoms with Crippen LogP contribution < -0.4 is 19.6 Å². The first-order valence-electron chi connectivity index (χ1n) is 14.2.